The maximum Gasteiger partial charge on any atom is 0.281 e. The minimum absolute atomic E-state index is 0.177. The van der Waals surface area contributed by atoms with E-state index in [2.05, 4.69) is 15.6 Å². The Labute approximate surface area is 109 Å². The minimum atomic E-state index is -1.05. The van der Waals surface area contributed by atoms with E-state index in [4.69, 9.17) is 0 Å². The normalized spacial score (nSPS) is 18.2. The minimum Gasteiger partial charge on any atom is -0.326 e. The first-order valence-electron chi connectivity index (χ1n) is 5.62. The third-order valence-corrected chi connectivity index (χ3v) is 2.63. The van der Waals surface area contributed by atoms with E-state index < -0.39 is 11.9 Å². The molecule has 0 spiro atoms. The highest BCUT2D eigenvalue weighted by molar-refractivity contribution is 6.18. The monoisotopic (exact) mass is 260 g/mol. The van der Waals surface area contributed by atoms with E-state index in [9.17, 15) is 14.5 Å². The molecule has 1 aliphatic heterocycles. The Hall–Kier alpha value is -2.57. The average Bonchev–Trinajstić information content (AvgIpc) is 2.64. The van der Waals surface area contributed by atoms with E-state index in [0.717, 1.165) is 5.01 Å². The summed E-state index contributed by atoms with van der Waals surface area (Å²) in [6, 6.07) is 5.52. The molecule has 1 N–H and O–H groups in total. The number of hydrogen-bond acceptors (Lipinski definition) is 5. The number of nitrogens with zero attached hydrogens (tertiary/aromatic N) is 3. The molecule has 1 unspecified atom stereocenters. The van der Waals surface area contributed by atoms with E-state index >= 15 is 0 Å². The van der Waals surface area contributed by atoms with Crippen molar-refractivity contribution >= 4 is 28.9 Å². The molecular formula is C12H12N4O3. The molecule has 0 radical (unpaired) electrons. The van der Waals surface area contributed by atoms with Crippen LogP contribution in [0.4, 0.5) is 11.4 Å². The SMILES string of the molecule is CC(=O)Nc1ccc(N2N=C(C)C(N=O)C2=O)cc1. The van der Waals surface area contributed by atoms with E-state index in [1.165, 1.54) is 6.92 Å². The third-order valence-electron chi connectivity index (χ3n) is 2.63. The number of benzene rings is 1. The summed E-state index contributed by atoms with van der Waals surface area (Å²) in [6.45, 7) is 2.99. The number of carbonyl (C=O) groups excluding carboxylic acids is 2. The number of anilines is 2. The van der Waals surface area contributed by atoms with Crippen molar-refractivity contribution in [3.05, 3.63) is 29.2 Å². The summed E-state index contributed by atoms with van der Waals surface area (Å²) in [4.78, 5) is 33.3. The number of nitrogens with one attached hydrogen (secondary N) is 1. The maximum absolute atomic E-state index is 11.9. The van der Waals surface area contributed by atoms with Crippen LogP contribution in [0.2, 0.25) is 0 Å². The van der Waals surface area contributed by atoms with Gasteiger partial charge in [0, 0.05) is 12.6 Å². The Morgan fingerprint density at radius 3 is 2.47 bits per heavy atom. The third kappa shape index (κ3) is 2.49. The summed E-state index contributed by atoms with van der Waals surface area (Å²) in [7, 11) is 0. The molecule has 1 heterocycles. The first kappa shape index (κ1) is 12.9. The number of nitroso groups, excluding NO2 is 1. The zero-order valence-electron chi connectivity index (χ0n) is 10.5. The highest BCUT2D eigenvalue weighted by Crippen LogP contribution is 2.23. The molecule has 0 saturated heterocycles. The van der Waals surface area contributed by atoms with Gasteiger partial charge in [0.2, 0.25) is 11.9 Å². The lowest BCUT2D eigenvalue weighted by atomic mass is 10.2. The summed E-state index contributed by atoms with van der Waals surface area (Å²) in [5.41, 5.74) is 1.50. The van der Waals surface area contributed by atoms with Crippen LogP contribution in [0.5, 0.6) is 0 Å². The lowest BCUT2D eigenvalue weighted by Gasteiger charge is -2.12. The molecule has 7 heteroatoms. The van der Waals surface area contributed by atoms with Crippen molar-refractivity contribution in [3.63, 3.8) is 0 Å². The standard InChI is InChI=1S/C12H12N4O3/c1-7-11(15-19)12(18)16(14-7)10-5-3-9(4-6-10)13-8(2)17/h3-6,11H,1-2H3,(H,13,17). The van der Waals surface area contributed by atoms with Gasteiger partial charge < -0.3 is 5.32 Å². The van der Waals surface area contributed by atoms with E-state index in [-0.39, 0.29) is 5.91 Å². The Morgan fingerprint density at radius 2 is 2.00 bits per heavy atom. The van der Waals surface area contributed by atoms with Crippen LogP contribution in [-0.2, 0) is 9.59 Å². The highest BCUT2D eigenvalue weighted by Gasteiger charge is 2.35. The van der Waals surface area contributed by atoms with Gasteiger partial charge in [-0.15, -0.1) is 4.91 Å². The van der Waals surface area contributed by atoms with Gasteiger partial charge in [-0.1, -0.05) is 5.18 Å². The highest BCUT2D eigenvalue weighted by atomic mass is 16.3. The van der Waals surface area contributed by atoms with Gasteiger partial charge in [0.25, 0.3) is 5.91 Å². The summed E-state index contributed by atoms with van der Waals surface area (Å²) < 4.78 is 0. The van der Waals surface area contributed by atoms with Crippen LogP contribution in [0, 0.1) is 4.91 Å². The molecule has 1 aliphatic rings. The molecule has 0 aliphatic carbocycles. The first-order chi connectivity index (χ1) is 9.02. The molecule has 7 nitrogen and oxygen atoms in total. The second kappa shape index (κ2) is 4.97. The van der Waals surface area contributed by atoms with Crippen molar-refractivity contribution < 1.29 is 9.59 Å². The van der Waals surface area contributed by atoms with Gasteiger partial charge >= 0.3 is 0 Å². The molecule has 0 fully saturated rings. The second-order valence-electron chi connectivity index (χ2n) is 4.13. The number of hydrogen-bond donors (Lipinski definition) is 1. The number of hydrazone groups is 1. The molecule has 2 amide bonds. The Balaban J connectivity index is 2.22. The number of rotatable bonds is 3. The zero-order chi connectivity index (χ0) is 14.0. The van der Waals surface area contributed by atoms with Gasteiger partial charge in [-0.05, 0) is 31.2 Å². The molecule has 0 bridgehead atoms. The largest absolute Gasteiger partial charge is 0.326 e. The topological polar surface area (TPSA) is 91.2 Å². The fraction of sp³-hybridized carbons (Fsp3) is 0.250. The van der Waals surface area contributed by atoms with Gasteiger partial charge in [0.05, 0.1) is 11.4 Å². The van der Waals surface area contributed by atoms with E-state index in [1.54, 1.807) is 31.2 Å². The molecule has 19 heavy (non-hydrogen) atoms. The quantitative estimate of drug-likeness (QED) is 0.835. The van der Waals surface area contributed by atoms with E-state index in [0.29, 0.717) is 17.1 Å². The molecule has 2 rings (SSSR count). The number of amides is 2. The average molecular weight is 260 g/mol. The van der Waals surface area contributed by atoms with Crippen LogP contribution in [0.15, 0.2) is 34.5 Å². The predicted molar refractivity (Wildman–Crippen MR) is 70.9 cm³/mol. The molecule has 0 saturated carbocycles. The molecule has 1 aromatic carbocycles. The van der Waals surface area contributed by atoms with Crippen LogP contribution in [0.1, 0.15) is 13.8 Å². The molecule has 0 aromatic heterocycles. The van der Waals surface area contributed by atoms with Gasteiger partial charge in [-0.2, -0.15) is 10.1 Å². The molecule has 1 aromatic rings. The molecular weight excluding hydrogens is 248 g/mol. The van der Waals surface area contributed by atoms with Gasteiger partial charge in [-0.3, -0.25) is 9.59 Å². The van der Waals surface area contributed by atoms with Crippen LogP contribution in [0.3, 0.4) is 0 Å². The molecule has 98 valence electrons. The second-order valence-corrected chi connectivity index (χ2v) is 4.13. The Morgan fingerprint density at radius 1 is 1.37 bits per heavy atom. The van der Waals surface area contributed by atoms with E-state index in [1.807, 2.05) is 0 Å². The van der Waals surface area contributed by atoms with Crippen LogP contribution in [-0.4, -0.2) is 23.6 Å². The van der Waals surface area contributed by atoms with Crippen LogP contribution >= 0.6 is 0 Å². The van der Waals surface area contributed by atoms with Crippen molar-refractivity contribution in [1.82, 2.24) is 0 Å². The molecule has 1 atom stereocenters. The lowest BCUT2D eigenvalue weighted by molar-refractivity contribution is -0.118. The van der Waals surface area contributed by atoms with Crippen molar-refractivity contribution in [3.8, 4) is 0 Å². The van der Waals surface area contributed by atoms with Crippen molar-refractivity contribution in [2.45, 2.75) is 19.9 Å². The summed E-state index contributed by atoms with van der Waals surface area (Å²) in [5, 5.41) is 10.5. The fourth-order valence-electron chi connectivity index (χ4n) is 1.75. The van der Waals surface area contributed by atoms with Gasteiger partial charge in [-0.25, -0.2) is 0 Å². The van der Waals surface area contributed by atoms with Crippen LogP contribution in [0.25, 0.3) is 0 Å². The van der Waals surface area contributed by atoms with Crippen LogP contribution < -0.4 is 10.3 Å². The fourth-order valence-corrected chi connectivity index (χ4v) is 1.75. The summed E-state index contributed by atoms with van der Waals surface area (Å²) in [5.74, 6) is -0.649. The lowest BCUT2D eigenvalue weighted by Crippen LogP contribution is -2.29. The predicted octanol–water partition coefficient (Wildman–Crippen LogP) is 1.50. The Bertz CT molecular complexity index is 565. The van der Waals surface area contributed by atoms with Crippen molar-refractivity contribution in [2.24, 2.45) is 10.3 Å². The van der Waals surface area contributed by atoms with Crippen molar-refractivity contribution in [2.75, 3.05) is 10.3 Å². The van der Waals surface area contributed by atoms with Crippen molar-refractivity contribution in [1.29, 1.82) is 0 Å². The van der Waals surface area contributed by atoms with Gasteiger partial charge in [0.15, 0.2) is 0 Å². The Kier molecular flexibility index (Phi) is 3.37. The van der Waals surface area contributed by atoms with Gasteiger partial charge in [0.1, 0.15) is 0 Å². The smallest absolute Gasteiger partial charge is 0.281 e. The maximum atomic E-state index is 11.9. The zero-order valence-corrected chi connectivity index (χ0v) is 10.5. The number of carbonyl (C=O) groups is 2. The first-order valence-corrected chi connectivity index (χ1v) is 5.62. The summed E-state index contributed by atoms with van der Waals surface area (Å²) >= 11 is 0. The summed E-state index contributed by atoms with van der Waals surface area (Å²) in [6.07, 6.45) is 0.